The zero-order valence-electron chi connectivity index (χ0n) is 14.3. The first-order chi connectivity index (χ1) is 10.2. The maximum absolute atomic E-state index is 3.90. The second kappa shape index (κ2) is 7.46. The molecule has 21 heavy (non-hydrogen) atoms. The molecular weight excluding hydrogens is 256 g/mol. The van der Waals surface area contributed by atoms with Gasteiger partial charge in [-0.1, -0.05) is 33.1 Å². The van der Waals surface area contributed by atoms with Crippen molar-refractivity contribution in [2.75, 3.05) is 19.6 Å². The molecule has 2 aliphatic carbocycles. The summed E-state index contributed by atoms with van der Waals surface area (Å²) >= 11 is 0. The predicted molar refractivity (Wildman–Crippen MR) is 90.5 cm³/mol. The molecule has 0 aromatic heterocycles. The Morgan fingerprint density at radius 2 is 1.67 bits per heavy atom. The maximum Gasteiger partial charge on any atom is 0.0223 e. The van der Waals surface area contributed by atoms with Crippen molar-refractivity contribution in [3.63, 3.8) is 0 Å². The number of rotatable bonds is 2. The monoisotopic (exact) mass is 292 g/mol. The first-order valence-corrected chi connectivity index (χ1v) is 9.71. The zero-order valence-corrected chi connectivity index (χ0v) is 14.3. The minimum absolute atomic E-state index is 0.780. The molecule has 4 atom stereocenters. The molecule has 3 rings (SSSR count). The Balaban J connectivity index is 1.59. The lowest BCUT2D eigenvalue weighted by molar-refractivity contribution is 0.0966. The summed E-state index contributed by atoms with van der Waals surface area (Å²) in [4.78, 5) is 2.88. The molecule has 0 aromatic rings. The van der Waals surface area contributed by atoms with Gasteiger partial charge in [-0.25, -0.2) is 0 Å². The fourth-order valence-corrected chi connectivity index (χ4v) is 5.01. The summed E-state index contributed by atoms with van der Waals surface area (Å²) in [5, 5.41) is 3.90. The summed E-state index contributed by atoms with van der Waals surface area (Å²) in [5.41, 5.74) is 0. The molecule has 122 valence electrons. The second-order valence-corrected chi connectivity index (χ2v) is 8.23. The number of nitrogens with one attached hydrogen (secondary N) is 1. The third-order valence-electron chi connectivity index (χ3n) is 6.77. The van der Waals surface area contributed by atoms with Gasteiger partial charge in [0.1, 0.15) is 0 Å². The van der Waals surface area contributed by atoms with Gasteiger partial charge in [-0.05, 0) is 69.4 Å². The van der Waals surface area contributed by atoms with E-state index in [1.807, 2.05) is 0 Å². The first-order valence-electron chi connectivity index (χ1n) is 9.71. The molecule has 0 radical (unpaired) electrons. The lowest BCUT2D eigenvalue weighted by Gasteiger charge is -2.41. The molecule has 2 saturated carbocycles. The van der Waals surface area contributed by atoms with E-state index >= 15 is 0 Å². The van der Waals surface area contributed by atoms with Crippen LogP contribution >= 0.6 is 0 Å². The summed E-state index contributed by atoms with van der Waals surface area (Å²) in [6.07, 6.45) is 13.1. The Bertz CT molecular complexity index is 311. The fraction of sp³-hybridized carbons (Fsp3) is 1.00. The number of hydrogen-bond acceptors (Lipinski definition) is 2. The minimum atomic E-state index is 0.780. The van der Waals surface area contributed by atoms with Crippen molar-refractivity contribution >= 4 is 0 Å². The van der Waals surface area contributed by atoms with Crippen molar-refractivity contribution in [3.8, 4) is 0 Å². The SMILES string of the molecule is CC1CCC(N2CCCNC(C3CCCCC3)C2)CC1C. The summed E-state index contributed by atoms with van der Waals surface area (Å²) in [6.45, 7) is 8.84. The summed E-state index contributed by atoms with van der Waals surface area (Å²) in [7, 11) is 0. The molecule has 3 fully saturated rings. The van der Waals surface area contributed by atoms with Gasteiger partial charge in [0, 0.05) is 18.6 Å². The maximum atomic E-state index is 3.90. The highest BCUT2D eigenvalue weighted by Crippen LogP contribution is 2.34. The van der Waals surface area contributed by atoms with E-state index in [9.17, 15) is 0 Å². The zero-order chi connectivity index (χ0) is 14.7. The van der Waals surface area contributed by atoms with E-state index < -0.39 is 0 Å². The van der Waals surface area contributed by atoms with Gasteiger partial charge >= 0.3 is 0 Å². The van der Waals surface area contributed by atoms with E-state index in [4.69, 9.17) is 0 Å². The van der Waals surface area contributed by atoms with Gasteiger partial charge in [0.25, 0.3) is 0 Å². The van der Waals surface area contributed by atoms with Gasteiger partial charge < -0.3 is 5.32 Å². The lowest BCUT2D eigenvalue weighted by Crippen LogP contribution is -2.48. The molecule has 2 nitrogen and oxygen atoms in total. The summed E-state index contributed by atoms with van der Waals surface area (Å²) in [5.74, 6) is 2.83. The molecule has 4 unspecified atom stereocenters. The highest BCUT2D eigenvalue weighted by molar-refractivity contribution is 4.89. The van der Waals surface area contributed by atoms with Crippen LogP contribution in [0.2, 0.25) is 0 Å². The first kappa shape index (κ1) is 15.8. The van der Waals surface area contributed by atoms with Crippen LogP contribution < -0.4 is 5.32 Å². The molecular formula is C19H36N2. The van der Waals surface area contributed by atoms with E-state index in [0.717, 1.165) is 29.8 Å². The summed E-state index contributed by atoms with van der Waals surface area (Å²) in [6, 6.07) is 1.66. The predicted octanol–water partition coefficient (Wildman–Crippen LogP) is 4.06. The lowest BCUT2D eigenvalue weighted by atomic mass is 9.78. The Kier molecular flexibility index (Phi) is 5.61. The minimum Gasteiger partial charge on any atom is -0.312 e. The highest BCUT2D eigenvalue weighted by atomic mass is 15.2. The molecule has 0 amide bonds. The molecule has 1 saturated heterocycles. The van der Waals surface area contributed by atoms with Crippen molar-refractivity contribution in [2.24, 2.45) is 17.8 Å². The quantitative estimate of drug-likeness (QED) is 0.826. The van der Waals surface area contributed by atoms with Crippen LogP contribution in [0.4, 0.5) is 0 Å². The van der Waals surface area contributed by atoms with Gasteiger partial charge in [-0.15, -0.1) is 0 Å². The average molecular weight is 293 g/mol. The summed E-state index contributed by atoms with van der Waals surface area (Å²) < 4.78 is 0. The smallest absolute Gasteiger partial charge is 0.0223 e. The standard InChI is InChI=1S/C19H36N2/c1-15-9-10-18(13-16(15)2)21-12-6-11-20-19(14-21)17-7-4-3-5-8-17/h15-20H,3-14H2,1-2H3. The van der Waals surface area contributed by atoms with Gasteiger partial charge in [-0.2, -0.15) is 0 Å². The molecule has 1 aliphatic heterocycles. The van der Waals surface area contributed by atoms with Crippen molar-refractivity contribution in [2.45, 2.75) is 83.7 Å². The molecule has 0 bridgehead atoms. The Morgan fingerprint density at radius 1 is 0.857 bits per heavy atom. The Labute approximate surface area is 132 Å². The largest absolute Gasteiger partial charge is 0.312 e. The van der Waals surface area contributed by atoms with Crippen LogP contribution in [0.1, 0.15) is 71.6 Å². The van der Waals surface area contributed by atoms with E-state index in [1.165, 1.54) is 77.4 Å². The average Bonchev–Trinajstić information content (AvgIpc) is 2.77. The van der Waals surface area contributed by atoms with Crippen LogP contribution in [-0.2, 0) is 0 Å². The molecule has 2 heteroatoms. The Morgan fingerprint density at radius 3 is 2.43 bits per heavy atom. The van der Waals surface area contributed by atoms with Gasteiger partial charge in [0.15, 0.2) is 0 Å². The van der Waals surface area contributed by atoms with Gasteiger partial charge in [0.2, 0.25) is 0 Å². The normalized spacial score (nSPS) is 40.9. The van der Waals surface area contributed by atoms with Crippen molar-refractivity contribution in [1.82, 2.24) is 10.2 Å². The van der Waals surface area contributed by atoms with Gasteiger partial charge in [-0.3, -0.25) is 4.90 Å². The fourth-order valence-electron chi connectivity index (χ4n) is 5.01. The van der Waals surface area contributed by atoms with E-state index in [1.54, 1.807) is 0 Å². The highest BCUT2D eigenvalue weighted by Gasteiger charge is 2.33. The van der Waals surface area contributed by atoms with Crippen molar-refractivity contribution in [3.05, 3.63) is 0 Å². The van der Waals surface area contributed by atoms with E-state index in [-0.39, 0.29) is 0 Å². The molecule has 0 spiro atoms. The third-order valence-corrected chi connectivity index (χ3v) is 6.77. The Hall–Kier alpha value is -0.0800. The molecule has 0 aromatic carbocycles. The third kappa shape index (κ3) is 4.01. The van der Waals surface area contributed by atoms with Crippen molar-refractivity contribution < 1.29 is 0 Å². The molecule has 1 N–H and O–H groups in total. The number of hydrogen-bond donors (Lipinski definition) is 1. The van der Waals surface area contributed by atoms with E-state index in [0.29, 0.717) is 0 Å². The van der Waals surface area contributed by atoms with Crippen LogP contribution in [0.3, 0.4) is 0 Å². The van der Waals surface area contributed by atoms with Gasteiger partial charge in [0.05, 0.1) is 0 Å². The van der Waals surface area contributed by atoms with Crippen LogP contribution in [0.5, 0.6) is 0 Å². The van der Waals surface area contributed by atoms with E-state index in [2.05, 4.69) is 24.1 Å². The van der Waals surface area contributed by atoms with Crippen LogP contribution in [0, 0.1) is 17.8 Å². The van der Waals surface area contributed by atoms with Crippen molar-refractivity contribution in [1.29, 1.82) is 0 Å². The van der Waals surface area contributed by atoms with Crippen LogP contribution in [0.25, 0.3) is 0 Å². The number of nitrogens with zero attached hydrogens (tertiary/aromatic N) is 1. The van der Waals surface area contributed by atoms with Crippen LogP contribution in [0.15, 0.2) is 0 Å². The second-order valence-electron chi connectivity index (χ2n) is 8.23. The molecule has 3 aliphatic rings. The molecule has 1 heterocycles. The van der Waals surface area contributed by atoms with Crippen LogP contribution in [-0.4, -0.2) is 36.6 Å². The topological polar surface area (TPSA) is 15.3 Å².